The van der Waals surface area contributed by atoms with Gasteiger partial charge in [0.1, 0.15) is 0 Å². The highest BCUT2D eigenvalue weighted by Gasteiger charge is 2.31. The van der Waals surface area contributed by atoms with Gasteiger partial charge in [-0.3, -0.25) is 4.98 Å². The maximum absolute atomic E-state index is 5.97. The number of hydrogen-bond acceptors (Lipinski definition) is 4. The van der Waals surface area contributed by atoms with E-state index >= 15 is 0 Å². The number of benzene rings is 1. The van der Waals surface area contributed by atoms with E-state index in [1.165, 1.54) is 0 Å². The number of halogens is 1. The first-order chi connectivity index (χ1) is 9.74. The van der Waals surface area contributed by atoms with Gasteiger partial charge < -0.3 is 5.73 Å². The number of anilines is 1. The van der Waals surface area contributed by atoms with Crippen molar-refractivity contribution in [2.75, 3.05) is 5.73 Å². The molecule has 0 aliphatic heterocycles. The molecule has 1 saturated carbocycles. The average Bonchev–Trinajstić information content (AvgIpc) is 3.21. The van der Waals surface area contributed by atoms with Crippen molar-refractivity contribution in [3.8, 4) is 5.69 Å². The van der Waals surface area contributed by atoms with Crippen molar-refractivity contribution < 1.29 is 0 Å². The number of nitrogens with zero attached hydrogens (tertiary/aromatic N) is 4. The summed E-state index contributed by atoms with van der Waals surface area (Å²) in [6.45, 7) is 0. The van der Waals surface area contributed by atoms with E-state index in [4.69, 9.17) is 5.73 Å². The van der Waals surface area contributed by atoms with Crippen molar-refractivity contribution in [1.82, 2.24) is 20.0 Å². The molecular formula is C14H12BrN5. The summed E-state index contributed by atoms with van der Waals surface area (Å²) in [4.78, 5) is 4.51. The number of aromatic nitrogens is 4. The third kappa shape index (κ3) is 1.79. The van der Waals surface area contributed by atoms with Crippen LogP contribution in [-0.2, 0) is 0 Å². The normalized spacial score (nSPS) is 14.8. The maximum atomic E-state index is 5.97. The first-order valence-electron chi connectivity index (χ1n) is 6.50. The molecule has 2 N–H and O–H groups in total. The Labute approximate surface area is 123 Å². The molecule has 0 unspecified atom stereocenters. The van der Waals surface area contributed by atoms with Gasteiger partial charge in [0.05, 0.1) is 16.9 Å². The van der Waals surface area contributed by atoms with Crippen molar-refractivity contribution >= 4 is 32.7 Å². The van der Waals surface area contributed by atoms with Crippen LogP contribution in [0, 0.1) is 0 Å². The summed E-state index contributed by atoms with van der Waals surface area (Å²) in [6.07, 6.45) is 4.10. The molecule has 0 bridgehead atoms. The fraction of sp³-hybridized carbons (Fsp3) is 0.214. The molecule has 0 spiro atoms. The van der Waals surface area contributed by atoms with Gasteiger partial charge in [0.15, 0.2) is 5.82 Å². The van der Waals surface area contributed by atoms with Gasteiger partial charge in [-0.1, -0.05) is 17.3 Å². The largest absolute Gasteiger partial charge is 0.381 e. The zero-order valence-corrected chi connectivity index (χ0v) is 12.2. The summed E-state index contributed by atoms with van der Waals surface area (Å²) in [5, 5.41) is 9.30. The van der Waals surface area contributed by atoms with Gasteiger partial charge in [0.25, 0.3) is 0 Å². The highest BCUT2D eigenvalue weighted by molar-refractivity contribution is 9.10. The predicted molar refractivity (Wildman–Crippen MR) is 80.7 cm³/mol. The summed E-state index contributed by atoms with van der Waals surface area (Å²) < 4.78 is 2.80. The second-order valence-electron chi connectivity index (χ2n) is 5.05. The molecule has 1 aliphatic rings. The summed E-state index contributed by atoms with van der Waals surface area (Å²) >= 11 is 3.45. The molecule has 1 fully saturated rings. The fourth-order valence-electron chi connectivity index (χ4n) is 2.51. The molecular weight excluding hydrogens is 318 g/mol. The van der Waals surface area contributed by atoms with Crippen molar-refractivity contribution in [2.24, 2.45) is 0 Å². The number of nitrogens with two attached hydrogens (primary N) is 1. The molecule has 0 radical (unpaired) electrons. The van der Waals surface area contributed by atoms with E-state index in [0.717, 1.165) is 39.6 Å². The Bertz CT molecular complexity index is 806. The molecule has 1 aromatic carbocycles. The van der Waals surface area contributed by atoms with Crippen molar-refractivity contribution in [3.05, 3.63) is 40.6 Å². The van der Waals surface area contributed by atoms with E-state index in [-0.39, 0.29) is 0 Å². The molecule has 3 aromatic rings. The van der Waals surface area contributed by atoms with E-state index in [2.05, 4.69) is 31.2 Å². The van der Waals surface area contributed by atoms with Crippen LogP contribution < -0.4 is 5.73 Å². The standard InChI is InChI=1S/C14H12BrN5/c15-10-6-9-2-1-3-11(12(9)17-7-10)20-13(8-4-5-8)14(16)18-19-20/h1-3,6-8H,4-5,16H2. The van der Waals surface area contributed by atoms with Crippen LogP contribution >= 0.6 is 15.9 Å². The van der Waals surface area contributed by atoms with Gasteiger partial charge in [-0.25, -0.2) is 4.68 Å². The monoisotopic (exact) mass is 329 g/mol. The molecule has 2 heterocycles. The van der Waals surface area contributed by atoms with Crippen LogP contribution in [0.2, 0.25) is 0 Å². The molecule has 5 nitrogen and oxygen atoms in total. The van der Waals surface area contributed by atoms with E-state index in [1.807, 2.05) is 28.9 Å². The van der Waals surface area contributed by atoms with E-state index in [0.29, 0.717) is 11.7 Å². The average molecular weight is 330 g/mol. The molecule has 1 aliphatic carbocycles. The van der Waals surface area contributed by atoms with Gasteiger partial charge >= 0.3 is 0 Å². The van der Waals surface area contributed by atoms with E-state index in [9.17, 15) is 0 Å². The Balaban J connectivity index is 1.99. The molecule has 0 saturated heterocycles. The number of para-hydroxylation sites is 1. The van der Waals surface area contributed by atoms with Crippen LogP contribution in [0.5, 0.6) is 0 Å². The number of rotatable bonds is 2. The zero-order valence-electron chi connectivity index (χ0n) is 10.6. The Morgan fingerprint density at radius 1 is 1.30 bits per heavy atom. The Morgan fingerprint density at radius 3 is 2.95 bits per heavy atom. The highest BCUT2D eigenvalue weighted by atomic mass is 79.9. The molecule has 0 amide bonds. The third-order valence-electron chi connectivity index (χ3n) is 3.58. The van der Waals surface area contributed by atoms with E-state index in [1.54, 1.807) is 6.20 Å². The van der Waals surface area contributed by atoms with Crippen LogP contribution in [-0.4, -0.2) is 20.0 Å². The minimum atomic E-state index is 0.482. The fourth-order valence-corrected chi connectivity index (χ4v) is 2.86. The number of hydrogen-bond donors (Lipinski definition) is 1. The number of pyridine rings is 1. The highest BCUT2D eigenvalue weighted by Crippen LogP contribution is 2.43. The minimum Gasteiger partial charge on any atom is -0.381 e. The topological polar surface area (TPSA) is 69.6 Å². The van der Waals surface area contributed by atoms with Gasteiger partial charge in [0, 0.05) is 22.0 Å². The van der Waals surface area contributed by atoms with Crippen LogP contribution in [0.1, 0.15) is 24.5 Å². The zero-order chi connectivity index (χ0) is 13.7. The second-order valence-corrected chi connectivity index (χ2v) is 5.96. The lowest BCUT2D eigenvalue weighted by Crippen LogP contribution is -2.04. The summed E-state index contributed by atoms with van der Waals surface area (Å²) in [7, 11) is 0. The molecule has 100 valence electrons. The van der Waals surface area contributed by atoms with Crippen molar-refractivity contribution in [2.45, 2.75) is 18.8 Å². The quantitative estimate of drug-likeness (QED) is 0.784. The van der Waals surface area contributed by atoms with Crippen LogP contribution in [0.15, 0.2) is 34.9 Å². The Morgan fingerprint density at radius 2 is 2.15 bits per heavy atom. The van der Waals surface area contributed by atoms with Gasteiger partial charge in [-0.15, -0.1) is 5.10 Å². The molecule has 0 atom stereocenters. The van der Waals surface area contributed by atoms with Gasteiger partial charge in [-0.2, -0.15) is 0 Å². The van der Waals surface area contributed by atoms with Crippen molar-refractivity contribution in [3.63, 3.8) is 0 Å². The Kier molecular flexibility index (Phi) is 2.53. The summed E-state index contributed by atoms with van der Waals surface area (Å²) in [5.41, 5.74) is 8.82. The predicted octanol–water partition coefficient (Wildman–Crippen LogP) is 3.04. The maximum Gasteiger partial charge on any atom is 0.169 e. The lowest BCUT2D eigenvalue weighted by atomic mass is 10.2. The minimum absolute atomic E-state index is 0.482. The molecule has 2 aromatic heterocycles. The smallest absolute Gasteiger partial charge is 0.169 e. The lowest BCUT2D eigenvalue weighted by Gasteiger charge is -2.08. The lowest BCUT2D eigenvalue weighted by molar-refractivity contribution is 0.767. The van der Waals surface area contributed by atoms with Gasteiger partial charge in [-0.05, 0) is 40.9 Å². The summed E-state index contributed by atoms with van der Waals surface area (Å²) in [6, 6.07) is 8.08. The van der Waals surface area contributed by atoms with E-state index < -0.39 is 0 Å². The van der Waals surface area contributed by atoms with Crippen molar-refractivity contribution in [1.29, 1.82) is 0 Å². The number of nitrogen functional groups attached to an aromatic ring is 1. The summed E-state index contributed by atoms with van der Waals surface area (Å²) in [5.74, 6) is 1.01. The SMILES string of the molecule is Nc1nnn(-c2cccc3cc(Br)cnc23)c1C1CC1. The van der Waals surface area contributed by atoms with Crippen LogP contribution in [0.25, 0.3) is 16.6 Å². The number of fused-ring (bicyclic) bond motifs is 1. The Hall–Kier alpha value is -1.95. The first kappa shape index (κ1) is 11.8. The van der Waals surface area contributed by atoms with Gasteiger partial charge in [0.2, 0.25) is 0 Å². The van der Waals surface area contributed by atoms with Crippen LogP contribution in [0.3, 0.4) is 0 Å². The van der Waals surface area contributed by atoms with Crippen LogP contribution in [0.4, 0.5) is 5.82 Å². The third-order valence-corrected chi connectivity index (χ3v) is 4.01. The molecule has 4 rings (SSSR count). The molecule has 20 heavy (non-hydrogen) atoms. The first-order valence-corrected chi connectivity index (χ1v) is 7.29. The molecule has 6 heteroatoms. The second kappa shape index (κ2) is 4.28.